The molecule has 29 heavy (non-hydrogen) atoms. The first-order valence-corrected chi connectivity index (χ1v) is 10.0. The van der Waals surface area contributed by atoms with Gasteiger partial charge in [0.15, 0.2) is 11.0 Å². The molecular formula is C20H24N4O4S. The highest BCUT2D eigenvalue weighted by atomic mass is 32.2. The van der Waals surface area contributed by atoms with E-state index in [9.17, 15) is 4.79 Å². The standard InChI is InChI=1S/C20H24N4O4S/c1-12(16-10-14(26-4)6-7-17(16)27-5)21-18(25)11-29-20-23-22-19(24(20)3)15-8-9-28-13(15)2/h6-10,12H,11H2,1-5H3,(H,21,25)/t12-/m1/s1. The lowest BCUT2D eigenvalue weighted by Crippen LogP contribution is -2.28. The molecule has 3 rings (SSSR count). The Bertz CT molecular complexity index is 998. The third-order valence-corrected chi connectivity index (χ3v) is 5.57. The molecule has 0 aliphatic heterocycles. The van der Waals surface area contributed by atoms with Gasteiger partial charge in [0.2, 0.25) is 5.91 Å². The summed E-state index contributed by atoms with van der Waals surface area (Å²) in [6, 6.07) is 7.12. The van der Waals surface area contributed by atoms with Gasteiger partial charge >= 0.3 is 0 Å². The number of benzene rings is 1. The summed E-state index contributed by atoms with van der Waals surface area (Å²) in [5.74, 6) is 2.98. The number of nitrogens with one attached hydrogen (secondary N) is 1. The van der Waals surface area contributed by atoms with E-state index in [2.05, 4.69) is 15.5 Å². The van der Waals surface area contributed by atoms with Crippen molar-refractivity contribution >= 4 is 17.7 Å². The lowest BCUT2D eigenvalue weighted by Gasteiger charge is -2.18. The third-order valence-electron chi connectivity index (χ3n) is 4.55. The van der Waals surface area contributed by atoms with Gasteiger partial charge in [0.05, 0.1) is 37.8 Å². The van der Waals surface area contributed by atoms with Crippen LogP contribution in [0.4, 0.5) is 0 Å². The molecule has 0 bridgehead atoms. The fourth-order valence-electron chi connectivity index (χ4n) is 2.96. The summed E-state index contributed by atoms with van der Waals surface area (Å²) in [7, 11) is 5.07. The van der Waals surface area contributed by atoms with Crippen LogP contribution in [-0.2, 0) is 11.8 Å². The summed E-state index contributed by atoms with van der Waals surface area (Å²) >= 11 is 1.32. The van der Waals surface area contributed by atoms with Crippen molar-refractivity contribution in [2.75, 3.05) is 20.0 Å². The Labute approximate surface area is 173 Å². The smallest absolute Gasteiger partial charge is 0.230 e. The van der Waals surface area contributed by atoms with Gasteiger partial charge in [0.1, 0.15) is 17.3 Å². The number of carbonyl (C=O) groups excluding carboxylic acids is 1. The molecule has 9 heteroatoms. The van der Waals surface area contributed by atoms with Gasteiger partial charge in [-0.1, -0.05) is 11.8 Å². The number of methoxy groups -OCH3 is 2. The summed E-state index contributed by atoms with van der Waals surface area (Å²) in [5, 5.41) is 12.0. The Balaban J connectivity index is 1.64. The zero-order chi connectivity index (χ0) is 21.0. The van der Waals surface area contributed by atoms with Crippen LogP contribution in [0.1, 0.15) is 24.3 Å². The van der Waals surface area contributed by atoms with Crippen molar-refractivity contribution in [2.45, 2.75) is 25.0 Å². The summed E-state index contributed by atoms with van der Waals surface area (Å²) in [5.41, 5.74) is 1.73. The molecule has 0 saturated carbocycles. The van der Waals surface area contributed by atoms with E-state index in [0.29, 0.717) is 22.5 Å². The van der Waals surface area contributed by atoms with E-state index in [1.54, 1.807) is 20.5 Å². The second kappa shape index (κ2) is 9.04. The van der Waals surface area contributed by atoms with Crippen molar-refractivity contribution in [1.82, 2.24) is 20.1 Å². The number of furan rings is 1. The van der Waals surface area contributed by atoms with Crippen LogP contribution in [0.25, 0.3) is 11.4 Å². The van der Waals surface area contributed by atoms with Crippen LogP contribution in [0, 0.1) is 6.92 Å². The zero-order valence-electron chi connectivity index (χ0n) is 17.1. The molecule has 0 fully saturated rings. The first-order valence-electron chi connectivity index (χ1n) is 9.02. The van der Waals surface area contributed by atoms with Gasteiger partial charge in [-0.05, 0) is 38.1 Å². The van der Waals surface area contributed by atoms with Crippen LogP contribution in [0.3, 0.4) is 0 Å². The topological polar surface area (TPSA) is 91.4 Å². The minimum absolute atomic E-state index is 0.114. The molecular weight excluding hydrogens is 392 g/mol. The quantitative estimate of drug-likeness (QED) is 0.563. The number of aryl methyl sites for hydroxylation is 1. The summed E-state index contributed by atoms with van der Waals surface area (Å²) < 4.78 is 17.9. The number of aromatic nitrogens is 3. The van der Waals surface area contributed by atoms with Crippen molar-refractivity contribution in [3.05, 3.63) is 41.9 Å². The monoisotopic (exact) mass is 416 g/mol. The summed E-state index contributed by atoms with van der Waals surface area (Å²) in [4.78, 5) is 12.5. The number of thioether (sulfide) groups is 1. The normalized spacial score (nSPS) is 11.9. The number of hydrogen-bond acceptors (Lipinski definition) is 7. The molecule has 0 radical (unpaired) electrons. The van der Waals surface area contributed by atoms with Gasteiger partial charge < -0.3 is 23.8 Å². The van der Waals surface area contributed by atoms with E-state index in [4.69, 9.17) is 13.9 Å². The molecule has 1 N–H and O–H groups in total. The summed E-state index contributed by atoms with van der Waals surface area (Å²) in [6.45, 7) is 3.78. The molecule has 3 aromatic rings. The molecule has 0 unspecified atom stereocenters. The molecule has 2 heterocycles. The highest BCUT2D eigenvalue weighted by Crippen LogP contribution is 2.30. The SMILES string of the molecule is COc1ccc(OC)c([C@@H](C)NC(=O)CSc2nnc(-c3ccoc3C)n2C)c1. The second-order valence-corrected chi connectivity index (χ2v) is 7.38. The minimum Gasteiger partial charge on any atom is -0.497 e. The van der Waals surface area contributed by atoms with Gasteiger partial charge in [0, 0.05) is 12.6 Å². The molecule has 1 aromatic carbocycles. The van der Waals surface area contributed by atoms with Crippen molar-refractivity contribution < 1.29 is 18.7 Å². The number of hydrogen-bond donors (Lipinski definition) is 1. The molecule has 0 spiro atoms. The molecule has 0 saturated heterocycles. The Morgan fingerprint density at radius 3 is 2.72 bits per heavy atom. The number of ether oxygens (including phenoxy) is 2. The largest absolute Gasteiger partial charge is 0.497 e. The van der Waals surface area contributed by atoms with E-state index in [0.717, 1.165) is 16.9 Å². The lowest BCUT2D eigenvalue weighted by molar-refractivity contribution is -0.119. The van der Waals surface area contributed by atoms with Crippen LogP contribution < -0.4 is 14.8 Å². The van der Waals surface area contributed by atoms with Crippen molar-refractivity contribution in [3.8, 4) is 22.9 Å². The van der Waals surface area contributed by atoms with Crippen molar-refractivity contribution in [1.29, 1.82) is 0 Å². The number of rotatable bonds is 8. The van der Waals surface area contributed by atoms with Crippen molar-refractivity contribution in [3.63, 3.8) is 0 Å². The Kier molecular flexibility index (Phi) is 6.48. The van der Waals surface area contributed by atoms with Gasteiger partial charge in [-0.2, -0.15) is 0 Å². The van der Waals surface area contributed by atoms with E-state index >= 15 is 0 Å². The lowest BCUT2D eigenvalue weighted by atomic mass is 10.1. The molecule has 0 aliphatic carbocycles. The Morgan fingerprint density at radius 2 is 2.07 bits per heavy atom. The predicted octanol–water partition coefficient (Wildman–Crippen LogP) is 3.37. The molecule has 1 atom stereocenters. The molecule has 1 amide bonds. The van der Waals surface area contributed by atoms with Crippen LogP contribution >= 0.6 is 11.8 Å². The van der Waals surface area contributed by atoms with E-state index < -0.39 is 0 Å². The molecule has 2 aromatic heterocycles. The summed E-state index contributed by atoms with van der Waals surface area (Å²) in [6.07, 6.45) is 1.62. The Morgan fingerprint density at radius 1 is 1.28 bits per heavy atom. The third kappa shape index (κ3) is 4.56. The molecule has 8 nitrogen and oxygen atoms in total. The van der Waals surface area contributed by atoms with E-state index in [1.807, 2.05) is 49.7 Å². The molecule has 154 valence electrons. The average molecular weight is 417 g/mol. The fourth-order valence-corrected chi connectivity index (χ4v) is 3.68. The fraction of sp³-hybridized carbons (Fsp3) is 0.350. The van der Waals surface area contributed by atoms with Crippen LogP contribution in [0.15, 0.2) is 40.1 Å². The molecule has 0 aliphatic rings. The predicted molar refractivity (Wildman–Crippen MR) is 110 cm³/mol. The highest BCUT2D eigenvalue weighted by Gasteiger charge is 2.18. The van der Waals surface area contributed by atoms with E-state index in [1.165, 1.54) is 11.8 Å². The number of carbonyl (C=O) groups is 1. The maximum atomic E-state index is 12.5. The number of amides is 1. The second-order valence-electron chi connectivity index (χ2n) is 6.44. The van der Waals surface area contributed by atoms with Gasteiger partial charge in [-0.25, -0.2) is 0 Å². The minimum atomic E-state index is -0.239. The number of nitrogens with zero attached hydrogens (tertiary/aromatic N) is 3. The van der Waals surface area contributed by atoms with Crippen LogP contribution in [0.5, 0.6) is 11.5 Å². The average Bonchev–Trinajstić information content (AvgIpc) is 3.30. The maximum Gasteiger partial charge on any atom is 0.230 e. The first kappa shape index (κ1) is 20.8. The van der Waals surface area contributed by atoms with Crippen LogP contribution in [-0.4, -0.2) is 40.6 Å². The van der Waals surface area contributed by atoms with Crippen LogP contribution in [0.2, 0.25) is 0 Å². The van der Waals surface area contributed by atoms with Gasteiger partial charge in [-0.15, -0.1) is 10.2 Å². The van der Waals surface area contributed by atoms with Gasteiger partial charge in [0.25, 0.3) is 0 Å². The Hall–Kier alpha value is -2.94. The van der Waals surface area contributed by atoms with Crippen molar-refractivity contribution in [2.24, 2.45) is 7.05 Å². The van der Waals surface area contributed by atoms with Gasteiger partial charge in [-0.3, -0.25) is 4.79 Å². The first-order chi connectivity index (χ1) is 13.9. The maximum absolute atomic E-state index is 12.5. The zero-order valence-corrected chi connectivity index (χ0v) is 17.9. The highest BCUT2D eigenvalue weighted by molar-refractivity contribution is 7.99. The van der Waals surface area contributed by atoms with E-state index in [-0.39, 0.29) is 17.7 Å².